The van der Waals surface area contributed by atoms with E-state index in [-0.39, 0.29) is 33.3 Å². The molecule has 0 saturated heterocycles. The highest BCUT2D eigenvalue weighted by Gasteiger charge is 2.23. The van der Waals surface area contributed by atoms with Gasteiger partial charge < -0.3 is 14.8 Å². The van der Waals surface area contributed by atoms with Crippen molar-refractivity contribution in [2.75, 3.05) is 23.4 Å². The number of benzene rings is 2. The van der Waals surface area contributed by atoms with Crippen LogP contribution in [0.2, 0.25) is 10.2 Å². The number of hydrogen-bond acceptors (Lipinski definition) is 6. The Balaban J connectivity index is 1.99. The van der Waals surface area contributed by atoms with Crippen LogP contribution in [0.25, 0.3) is 0 Å². The Morgan fingerprint density at radius 2 is 1.71 bits per heavy atom. The van der Waals surface area contributed by atoms with Crippen molar-refractivity contribution in [3.05, 3.63) is 70.0 Å². The van der Waals surface area contributed by atoms with Gasteiger partial charge in [-0.3, -0.25) is 9.52 Å². The van der Waals surface area contributed by atoms with Crippen LogP contribution in [-0.4, -0.2) is 32.7 Å². The molecule has 0 aliphatic carbocycles. The minimum absolute atomic E-state index is 0.175. The molecular formula is C24H25Cl2N3O5S. The molecule has 1 heterocycles. The van der Waals surface area contributed by atoms with E-state index in [1.165, 1.54) is 31.5 Å². The third kappa shape index (κ3) is 7.00. The fourth-order valence-electron chi connectivity index (χ4n) is 3.14. The minimum Gasteiger partial charge on any atom is -0.492 e. The van der Waals surface area contributed by atoms with Crippen molar-refractivity contribution in [3.8, 4) is 17.2 Å². The molecule has 0 spiro atoms. The van der Waals surface area contributed by atoms with Gasteiger partial charge in [-0.25, -0.2) is 13.4 Å². The van der Waals surface area contributed by atoms with Gasteiger partial charge in [-0.1, -0.05) is 44.0 Å². The summed E-state index contributed by atoms with van der Waals surface area (Å²) in [6.07, 6.45) is 2.53. The van der Waals surface area contributed by atoms with E-state index in [2.05, 4.69) is 15.0 Å². The van der Waals surface area contributed by atoms with Crippen LogP contribution < -0.4 is 19.5 Å². The number of nitrogens with one attached hydrogen (secondary N) is 2. The van der Waals surface area contributed by atoms with Crippen molar-refractivity contribution in [1.29, 1.82) is 0 Å². The molecule has 0 unspecified atom stereocenters. The number of anilines is 2. The number of pyridine rings is 1. The van der Waals surface area contributed by atoms with Crippen molar-refractivity contribution in [2.24, 2.45) is 0 Å². The Hall–Kier alpha value is -3.01. The molecule has 1 aromatic heterocycles. The molecule has 0 bridgehead atoms. The Morgan fingerprint density at radius 1 is 1.03 bits per heavy atom. The van der Waals surface area contributed by atoms with Crippen LogP contribution >= 0.6 is 23.2 Å². The molecular weight excluding hydrogens is 513 g/mol. The summed E-state index contributed by atoms with van der Waals surface area (Å²) in [5.41, 5.74) is 1.22. The molecule has 8 nitrogen and oxygen atoms in total. The highest BCUT2D eigenvalue weighted by atomic mass is 35.5. The number of hydrogen-bond donors (Lipinski definition) is 2. The molecule has 2 aromatic carbocycles. The van der Waals surface area contributed by atoms with Gasteiger partial charge in [0, 0.05) is 17.8 Å². The number of sulfonamides is 1. The lowest BCUT2D eigenvalue weighted by atomic mass is 9.86. The second-order valence-corrected chi connectivity index (χ2v) is 11.3. The molecule has 0 fully saturated rings. The normalized spacial score (nSPS) is 11.6. The fourth-order valence-corrected chi connectivity index (χ4v) is 4.01. The molecule has 0 aliphatic heterocycles. The molecule has 0 atom stereocenters. The molecule has 2 N–H and O–H groups in total. The van der Waals surface area contributed by atoms with Gasteiger partial charge in [0.1, 0.15) is 16.7 Å². The average Bonchev–Trinajstić information content (AvgIpc) is 2.73. The highest BCUT2D eigenvalue weighted by Crippen LogP contribution is 2.39. The molecule has 11 heteroatoms. The Bertz CT molecular complexity index is 1370. The van der Waals surface area contributed by atoms with E-state index in [1.54, 1.807) is 24.3 Å². The van der Waals surface area contributed by atoms with Gasteiger partial charge in [0.25, 0.3) is 5.91 Å². The lowest BCUT2D eigenvalue weighted by molar-refractivity contribution is 0.102. The van der Waals surface area contributed by atoms with Crippen LogP contribution in [-0.2, 0) is 15.4 Å². The number of carbonyl (C=O) groups excluding carboxylic acids is 1. The number of aromatic nitrogens is 1. The minimum atomic E-state index is -3.60. The molecule has 0 aliphatic rings. The first-order chi connectivity index (χ1) is 16.3. The number of rotatable bonds is 7. The topological polar surface area (TPSA) is 107 Å². The Labute approximate surface area is 214 Å². The lowest BCUT2D eigenvalue weighted by Gasteiger charge is -2.24. The van der Waals surface area contributed by atoms with E-state index in [9.17, 15) is 13.2 Å². The van der Waals surface area contributed by atoms with E-state index >= 15 is 0 Å². The van der Waals surface area contributed by atoms with E-state index < -0.39 is 15.9 Å². The van der Waals surface area contributed by atoms with Crippen LogP contribution in [0.3, 0.4) is 0 Å². The van der Waals surface area contributed by atoms with Gasteiger partial charge in [-0.05, 0) is 47.4 Å². The second kappa shape index (κ2) is 10.3. The van der Waals surface area contributed by atoms with Crippen LogP contribution in [0.5, 0.6) is 17.2 Å². The number of methoxy groups -OCH3 is 1. The van der Waals surface area contributed by atoms with Crippen molar-refractivity contribution in [1.82, 2.24) is 4.98 Å². The SMILES string of the molecule is COc1c(NC(=O)c2ccc(Cl)c(Oc3ccnc(Cl)c3)c2)cc(C(C)(C)C)cc1NS(C)(=O)=O. The molecule has 0 radical (unpaired) electrons. The van der Waals surface area contributed by atoms with Gasteiger partial charge in [0.15, 0.2) is 5.75 Å². The van der Waals surface area contributed by atoms with Crippen LogP contribution in [0, 0.1) is 0 Å². The zero-order valence-corrected chi connectivity index (χ0v) is 22.1. The molecule has 35 heavy (non-hydrogen) atoms. The number of carbonyl (C=O) groups is 1. The summed E-state index contributed by atoms with van der Waals surface area (Å²) in [4.78, 5) is 17.1. The number of ether oxygens (including phenoxy) is 2. The summed E-state index contributed by atoms with van der Waals surface area (Å²) >= 11 is 12.2. The van der Waals surface area contributed by atoms with E-state index in [4.69, 9.17) is 32.7 Å². The largest absolute Gasteiger partial charge is 0.492 e. The molecule has 1 amide bonds. The summed E-state index contributed by atoms with van der Waals surface area (Å²) in [5.74, 6) is 0.347. The monoisotopic (exact) mass is 537 g/mol. The van der Waals surface area contributed by atoms with E-state index in [0.717, 1.165) is 11.8 Å². The van der Waals surface area contributed by atoms with Crippen molar-refractivity contribution < 1.29 is 22.7 Å². The van der Waals surface area contributed by atoms with Gasteiger partial charge in [0.05, 0.1) is 29.8 Å². The van der Waals surface area contributed by atoms with Gasteiger partial charge >= 0.3 is 0 Å². The summed E-state index contributed by atoms with van der Waals surface area (Å²) in [7, 11) is -2.21. The molecule has 0 saturated carbocycles. The molecule has 3 rings (SSSR count). The van der Waals surface area contributed by atoms with Gasteiger partial charge in [-0.15, -0.1) is 0 Å². The lowest BCUT2D eigenvalue weighted by Crippen LogP contribution is -2.18. The third-order valence-corrected chi connectivity index (χ3v) is 5.93. The van der Waals surface area contributed by atoms with E-state index in [1.807, 2.05) is 20.8 Å². The van der Waals surface area contributed by atoms with Crippen LogP contribution in [0.4, 0.5) is 11.4 Å². The zero-order chi connectivity index (χ0) is 26.0. The molecule has 3 aromatic rings. The first-order valence-electron chi connectivity index (χ1n) is 10.4. The fraction of sp³-hybridized carbons (Fsp3) is 0.250. The summed E-state index contributed by atoms with van der Waals surface area (Å²) in [5, 5.41) is 3.35. The maximum atomic E-state index is 13.2. The first kappa shape index (κ1) is 26.6. The number of halogens is 2. The quantitative estimate of drug-likeness (QED) is 0.352. The maximum absolute atomic E-state index is 13.2. The second-order valence-electron chi connectivity index (χ2n) is 8.74. The standard InChI is InChI=1S/C24H25Cl2N3O5S/c1-24(2,3)15-11-18(22(33-4)19(12-15)29-35(5,31)32)28-23(30)14-6-7-17(25)20(10-14)34-16-8-9-27-21(26)13-16/h6-13,29H,1-5H3,(H,28,30). The van der Waals surface area contributed by atoms with Crippen molar-refractivity contribution >= 4 is 50.5 Å². The van der Waals surface area contributed by atoms with Gasteiger partial charge in [-0.2, -0.15) is 0 Å². The van der Waals surface area contributed by atoms with Crippen molar-refractivity contribution in [3.63, 3.8) is 0 Å². The highest BCUT2D eigenvalue weighted by molar-refractivity contribution is 7.92. The number of amides is 1. The zero-order valence-electron chi connectivity index (χ0n) is 19.8. The summed E-state index contributed by atoms with van der Waals surface area (Å²) in [6.45, 7) is 5.91. The van der Waals surface area contributed by atoms with Crippen LogP contribution in [0.15, 0.2) is 48.7 Å². The van der Waals surface area contributed by atoms with E-state index in [0.29, 0.717) is 16.5 Å². The Kier molecular flexibility index (Phi) is 7.83. The Morgan fingerprint density at radius 3 is 2.31 bits per heavy atom. The van der Waals surface area contributed by atoms with Gasteiger partial charge in [0.2, 0.25) is 10.0 Å². The smallest absolute Gasteiger partial charge is 0.255 e. The summed E-state index contributed by atoms with van der Waals surface area (Å²) < 4.78 is 37.6. The summed E-state index contributed by atoms with van der Waals surface area (Å²) in [6, 6.07) is 11.1. The number of nitrogens with zero attached hydrogens (tertiary/aromatic N) is 1. The van der Waals surface area contributed by atoms with Crippen LogP contribution in [0.1, 0.15) is 36.7 Å². The average molecular weight is 538 g/mol. The predicted molar refractivity (Wildman–Crippen MR) is 139 cm³/mol. The molecule has 186 valence electrons. The van der Waals surface area contributed by atoms with Crippen molar-refractivity contribution in [2.45, 2.75) is 26.2 Å². The first-order valence-corrected chi connectivity index (χ1v) is 13.0. The third-order valence-electron chi connectivity index (χ3n) is 4.82. The predicted octanol–water partition coefficient (Wildman–Crippen LogP) is 6.11. The maximum Gasteiger partial charge on any atom is 0.255 e.